The van der Waals surface area contributed by atoms with Crippen LogP contribution >= 0.6 is 0 Å². The summed E-state index contributed by atoms with van der Waals surface area (Å²) in [4.78, 5) is 11.4. The third-order valence-electron chi connectivity index (χ3n) is 4.23. The Morgan fingerprint density at radius 3 is 2.64 bits per heavy atom. The standard InChI is InChI=1S/C13H12F5N3O/c1-5-3-6-8-10(13(16,17)18)20-21(4-7(22)19-2)11(8)12(14,15)9(5)6/h6,9H,1,3-4H2,2H3,(H,19,22). The third kappa shape index (κ3) is 1.80. The number of halogens is 5. The monoisotopic (exact) mass is 321 g/mol. The first kappa shape index (κ1) is 15.0. The van der Waals surface area contributed by atoms with Crippen LogP contribution in [0.3, 0.4) is 0 Å². The lowest BCUT2D eigenvalue weighted by atomic mass is 9.69. The van der Waals surface area contributed by atoms with Gasteiger partial charge in [0.15, 0.2) is 5.69 Å². The van der Waals surface area contributed by atoms with Crippen molar-refractivity contribution in [3.8, 4) is 0 Å². The molecule has 1 N–H and O–H groups in total. The van der Waals surface area contributed by atoms with E-state index in [0.29, 0.717) is 4.68 Å². The Labute approximate surface area is 122 Å². The summed E-state index contributed by atoms with van der Waals surface area (Å²) in [6.45, 7) is 2.81. The van der Waals surface area contributed by atoms with E-state index < -0.39 is 53.3 Å². The van der Waals surface area contributed by atoms with Crippen molar-refractivity contribution in [2.75, 3.05) is 7.05 Å². The van der Waals surface area contributed by atoms with Crippen molar-refractivity contribution >= 4 is 5.91 Å². The van der Waals surface area contributed by atoms with Crippen molar-refractivity contribution in [2.24, 2.45) is 5.92 Å². The molecule has 2 aliphatic rings. The van der Waals surface area contributed by atoms with Gasteiger partial charge in [-0.1, -0.05) is 12.2 Å². The van der Waals surface area contributed by atoms with E-state index in [1.807, 2.05) is 0 Å². The Morgan fingerprint density at radius 1 is 1.50 bits per heavy atom. The highest BCUT2D eigenvalue weighted by atomic mass is 19.4. The summed E-state index contributed by atoms with van der Waals surface area (Å²) in [5.74, 6) is -6.47. The number of amides is 1. The van der Waals surface area contributed by atoms with E-state index in [1.54, 1.807) is 0 Å². The fourth-order valence-corrected chi connectivity index (χ4v) is 3.29. The van der Waals surface area contributed by atoms with Crippen LogP contribution in [-0.4, -0.2) is 22.7 Å². The Morgan fingerprint density at radius 2 is 2.14 bits per heavy atom. The highest BCUT2D eigenvalue weighted by Crippen LogP contribution is 2.65. The first-order valence-corrected chi connectivity index (χ1v) is 6.53. The van der Waals surface area contributed by atoms with Crippen LogP contribution in [0.2, 0.25) is 0 Å². The van der Waals surface area contributed by atoms with E-state index >= 15 is 0 Å². The molecule has 1 amide bonds. The minimum absolute atomic E-state index is 0.0853. The molecule has 1 saturated carbocycles. The minimum Gasteiger partial charge on any atom is -0.358 e. The van der Waals surface area contributed by atoms with Gasteiger partial charge in [-0.25, -0.2) is 0 Å². The Bertz CT molecular complexity index is 676. The van der Waals surface area contributed by atoms with Gasteiger partial charge in [-0.2, -0.15) is 27.1 Å². The van der Waals surface area contributed by atoms with Gasteiger partial charge >= 0.3 is 6.18 Å². The van der Waals surface area contributed by atoms with Crippen LogP contribution < -0.4 is 5.32 Å². The minimum atomic E-state index is -4.85. The van der Waals surface area contributed by atoms with Crippen LogP contribution in [0.15, 0.2) is 12.2 Å². The van der Waals surface area contributed by atoms with Crippen molar-refractivity contribution in [3.63, 3.8) is 0 Å². The molecule has 3 rings (SSSR count). The highest BCUT2D eigenvalue weighted by Gasteiger charge is 2.65. The van der Waals surface area contributed by atoms with Gasteiger partial charge < -0.3 is 5.32 Å². The van der Waals surface area contributed by atoms with E-state index in [0.717, 1.165) is 0 Å². The fraction of sp³-hybridized carbons (Fsp3) is 0.538. The predicted molar refractivity (Wildman–Crippen MR) is 65.2 cm³/mol. The molecule has 0 spiro atoms. The Kier molecular flexibility index (Phi) is 2.93. The zero-order valence-electron chi connectivity index (χ0n) is 11.5. The smallest absolute Gasteiger partial charge is 0.358 e. The molecule has 9 heteroatoms. The number of carbonyl (C=O) groups excluding carboxylic acids is 1. The Hall–Kier alpha value is -1.93. The first-order valence-electron chi connectivity index (χ1n) is 6.53. The second kappa shape index (κ2) is 4.30. The van der Waals surface area contributed by atoms with Crippen molar-refractivity contribution in [2.45, 2.75) is 31.0 Å². The molecule has 1 aromatic rings. The molecule has 120 valence electrons. The maximum atomic E-state index is 14.5. The van der Waals surface area contributed by atoms with E-state index in [-0.39, 0.29) is 12.0 Å². The van der Waals surface area contributed by atoms with Gasteiger partial charge in [0, 0.05) is 18.5 Å². The number of carbonyl (C=O) groups is 1. The molecule has 0 radical (unpaired) electrons. The summed E-state index contributed by atoms with van der Waals surface area (Å²) in [6.07, 6.45) is -4.76. The van der Waals surface area contributed by atoms with Gasteiger partial charge in [0.2, 0.25) is 5.91 Å². The number of nitrogens with one attached hydrogen (secondary N) is 1. The summed E-state index contributed by atoms with van der Waals surface area (Å²) in [7, 11) is 1.26. The summed E-state index contributed by atoms with van der Waals surface area (Å²) in [6, 6.07) is 0. The van der Waals surface area contributed by atoms with Gasteiger partial charge in [0.1, 0.15) is 12.2 Å². The third-order valence-corrected chi connectivity index (χ3v) is 4.23. The van der Waals surface area contributed by atoms with Crippen LogP contribution in [0, 0.1) is 5.92 Å². The number of nitrogens with zero attached hydrogens (tertiary/aromatic N) is 2. The van der Waals surface area contributed by atoms with Gasteiger partial charge in [-0.15, -0.1) is 0 Å². The van der Waals surface area contributed by atoms with E-state index in [1.165, 1.54) is 7.05 Å². The molecule has 1 fully saturated rings. The fourth-order valence-electron chi connectivity index (χ4n) is 3.29. The SMILES string of the molecule is C=C1CC2c3c(C(F)(F)F)nn(CC(=O)NC)c3C(F)(F)C12. The molecule has 1 aromatic heterocycles. The average molecular weight is 321 g/mol. The lowest BCUT2D eigenvalue weighted by Crippen LogP contribution is -2.35. The average Bonchev–Trinajstić information content (AvgIpc) is 2.81. The van der Waals surface area contributed by atoms with E-state index in [2.05, 4.69) is 17.0 Å². The number of aromatic nitrogens is 2. The van der Waals surface area contributed by atoms with Crippen molar-refractivity contribution in [1.29, 1.82) is 0 Å². The van der Waals surface area contributed by atoms with Gasteiger partial charge in [-0.05, 0) is 6.42 Å². The predicted octanol–water partition coefficient (Wildman–Crippen LogP) is 2.41. The second-order valence-electron chi connectivity index (χ2n) is 5.51. The maximum Gasteiger partial charge on any atom is 0.435 e. The highest BCUT2D eigenvalue weighted by molar-refractivity contribution is 5.75. The Balaban J connectivity index is 2.18. The molecule has 4 nitrogen and oxygen atoms in total. The van der Waals surface area contributed by atoms with Crippen LogP contribution in [-0.2, 0) is 23.4 Å². The van der Waals surface area contributed by atoms with Crippen LogP contribution in [0.5, 0.6) is 0 Å². The molecule has 2 unspecified atom stereocenters. The van der Waals surface area contributed by atoms with Gasteiger partial charge in [0.05, 0.1) is 5.92 Å². The van der Waals surface area contributed by atoms with Crippen molar-refractivity contribution in [3.05, 3.63) is 29.1 Å². The van der Waals surface area contributed by atoms with E-state index in [9.17, 15) is 26.7 Å². The second-order valence-corrected chi connectivity index (χ2v) is 5.51. The molecule has 0 aromatic carbocycles. The topological polar surface area (TPSA) is 46.9 Å². The summed E-state index contributed by atoms with van der Waals surface area (Å²) < 4.78 is 68.7. The number of rotatable bonds is 2. The summed E-state index contributed by atoms with van der Waals surface area (Å²) in [5, 5.41) is 5.43. The maximum absolute atomic E-state index is 14.5. The molecule has 2 atom stereocenters. The molecule has 1 heterocycles. The number of hydrogen-bond donors (Lipinski definition) is 1. The number of fused-ring (bicyclic) bond motifs is 3. The van der Waals surface area contributed by atoms with Crippen molar-refractivity contribution in [1.82, 2.24) is 15.1 Å². The zero-order chi connectivity index (χ0) is 16.4. The molecule has 2 aliphatic carbocycles. The molecule has 0 aliphatic heterocycles. The quantitative estimate of drug-likeness (QED) is 0.672. The van der Waals surface area contributed by atoms with Gasteiger partial charge in [-0.3, -0.25) is 9.48 Å². The zero-order valence-corrected chi connectivity index (χ0v) is 11.5. The van der Waals surface area contributed by atoms with E-state index in [4.69, 9.17) is 0 Å². The molecular weight excluding hydrogens is 309 g/mol. The lowest BCUT2D eigenvalue weighted by molar-refractivity contribution is -0.143. The lowest BCUT2D eigenvalue weighted by Gasteiger charge is -2.37. The first-order chi connectivity index (χ1) is 10.1. The van der Waals surface area contributed by atoms with Crippen LogP contribution in [0.1, 0.15) is 29.3 Å². The summed E-state index contributed by atoms with van der Waals surface area (Å²) in [5.41, 5.74) is -2.40. The number of allylic oxidation sites excluding steroid dienone is 1. The molecule has 0 saturated heterocycles. The van der Waals surface area contributed by atoms with Gasteiger partial charge in [0.25, 0.3) is 5.92 Å². The number of alkyl halides is 5. The normalized spacial score (nSPS) is 25.5. The molecule has 0 bridgehead atoms. The van der Waals surface area contributed by atoms with Crippen molar-refractivity contribution < 1.29 is 26.7 Å². The number of hydrogen-bond acceptors (Lipinski definition) is 2. The molecular formula is C13H12F5N3O. The summed E-state index contributed by atoms with van der Waals surface area (Å²) >= 11 is 0. The number of likely N-dealkylation sites (N-methyl/N-ethyl adjacent to an activating group) is 1. The molecule has 22 heavy (non-hydrogen) atoms. The van der Waals surface area contributed by atoms with Crippen LogP contribution in [0.4, 0.5) is 22.0 Å². The largest absolute Gasteiger partial charge is 0.435 e. The van der Waals surface area contributed by atoms with Crippen LogP contribution in [0.25, 0.3) is 0 Å².